The number of nitrogens with zero attached hydrogens (tertiary/aromatic N) is 2. The van der Waals surface area contributed by atoms with Crippen molar-refractivity contribution in [3.05, 3.63) is 93.6 Å². The van der Waals surface area contributed by atoms with E-state index in [1.165, 1.54) is 22.5 Å². The number of thioether (sulfide) groups is 1. The lowest BCUT2D eigenvalue weighted by atomic mass is 10.1. The Morgan fingerprint density at radius 2 is 1.89 bits per heavy atom. The van der Waals surface area contributed by atoms with Gasteiger partial charge in [0.1, 0.15) is 6.61 Å². The average molecular weight is 654 g/mol. The highest BCUT2D eigenvalue weighted by molar-refractivity contribution is 14.1. The zero-order valence-corrected chi connectivity index (χ0v) is 24.3. The van der Waals surface area contributed by atoms with E-state index in [-0.39, 0.29) is 11.7 Å². The Kier molecular flexibility index (Phi) is 8.77. The van der Waals surface area contributed by atoms with Crippen molar-refractivity contribution in [3.8, 4) is 11.5 Å². The van der Waals surface area contributed by atoms with Crippen LogP contribution in [0.2, 0.25) is 0 Å². The van der Waals surface area contributed by atoms with Crippen LogP contribution in [0.4, 0.5) is 0 Å². The molecule has 9 heteroatoms. The molecular weight excluding hydrogens is 629 g/mol. The number of rotatable bonds is 10. The smallest absolute Gasteiger partial charge is 0.250 e. The second-order valence-corrected chi connectivity index (χ2v) is 11.6. The number of fused-ring (bicyclic) bond motifs is 2. The molecule has 1 heterocycles. The van der Waals surface area contributed by atoms with Gasteiger partial charge < -0.3 is 9.47 Å². The molecule has 1 amide bonds. The normalized spacial score (nSPS) is 11.3. The van der Waals surface area contributed by atoms with Crippen molar-refractivity contribution in [2.45, 2.75) is 17.9 Å². The summed E-state index contributed by atoms with van der Waals surface area (Å²) in [6.07, 6.45) is 1.61. The Bertz CT molecular complexity index is 1580. The number of aromatic nitrogens is 1. The Morgan fingerprint density at radius 3 is 2.76 bits per heavy atom. The van der Waals surface area contributed by atoms with Crippen LogP contribution in [0.3, 0.4) is 0 Å². The summed E-state index contributed by atoms with van der Waals surface area (Å²) < 4.78 is 15.0. The number of carbonyl (C=O) groups excluding carboxylic acids is 1. The first-order valence-electron chi connectivity index (χ1n) is 12.0. The number of nitrogens with one attached hydrogen (secondary N) is 1. The van der Waals surface area contributed by atoms with Crippen LogP contribution in [0.25, 0.3) is 21.0 Å². The van der Waals surface area contributed by atoms with Crippen LogP contribution in [-0.4, -0.2) is 29.5 Å². The van der Waals surface area contributed by atoms with Crippen molar-refractivity contribution in [1.29, 1.82) is 0 Å². The highest BCUT2D eigenvalue weighted by Gasteiger charge is 2.13. The molecule has 0 saturated heterocycles. The minimum absolute atomic E-state index is 0.194. The van der Waals surface area contributed by atoms with E-state index in [0.29, 0.717) is 24.7 Å². The van der Waals surface area contributed by atoms with Crippen LogP contribution in [0, 0.1) is 3.57 Å². The number of amides is 1. The SMILES string of the molecule is CCOc1cc(/C=N\NC(=O)CSc2nc3ccccc3s2)cc(I)c1OCc1cccc2ccccc12. The first-order chi connectivity index (χ1) is 18.6. The van der Waals surface area contributed by atoms with Crippen LogP contribution >= 0.6 is 45.7 Å². The average Bonchev–Trinajstić information content (AvgIpc) is 3.35. The standard InChI is InChI=1S/C29H24IN3O3S2/c1-2-35-25-15-19(16-31-33-27(34)18-37-29-32-24-12-5-6-13-26(24)38-29)14-23(30)28(25)36-17-21-10-7-9-20-8-3-4-11-22(20)21/h3-16H,2,17-18H2,1H3,(H,33,34)/b31-16-. The molecule has 38 heavy (non-hydrogen) atoms. The highest BCUT2D eigenvalue weighted by Crippen LogP contribution is 2.35. The molecule has 5 aromatic rings. The molecule has 5 rings (SSSR count). The van der Waals surface area contributed by atoms with Gasteiger partial charge in [-0.05, 0) is 75.7 Å². The molecular formula is C29H24IN3O3S2. The maximum Gasteiger partial charge on any atom is 0.250 e. The van der Waals surface area contributed by atoms with Crippen LogP contribution < -0.4 is 14.9 Å². The van der Waals surface area contributed by atoms with Gasteiger partial charge in [0, 0.05) is 0 Å². The maximum atomic E-state index is 12.3. The van der Waals surface area contributed by atoms with E-state index in [0.717, 1.165) is 29.3 Å². The van der Waals surface area contributed by atoms with E-state index in [1.807, 2.05) is 61.5 Å². The first kappa shape index (κ1) is 26.5. The van der Waals surface area contributed by atoms with Gasteiger partial charge in [0.15, 0.2) is 15.8 Å². The van der Waals surface area contributed by atoms with Crippen molar-refractivity contribution >= 4 is 78.8 Å². The number of ether oxygens (including phenoxy) is 2. The molecule has 0 aliphatic rings. The van der Waals surface area contributed by atoms with Crippen molar-refractivity contribution in [1.82, 2.24) is 10.4 Å². The van der Waals surface area contributed by atoms with E-state index in [9.17, 15) is 4.79 Å². The van der Waals surface area contributed by atoms with Gasteiger partial charge in [-0.1, -0.05) is 66.4 Å². The Labute approximate surface area is 242 Å². The van der Waals surface area contributed by atoms with E-state index < -0.39 is 0 Å². The van der Waals surface area contributed by atoms with Crippen LogP contribution in [0.15, 0.2) is 88.3 Å². The topological polar surface area (TPSA) is 72.8 Å². The number of hydrazone groups is 1. The minimum Gasteiger partial charge on any atom is -0.490 e. The van der Waals surface area contributed by atoms with Gasteiger partial charge in [0.25, 0.3) is 5.91 Å². The van der Waals surface area contributed by atoms with Crippen LogP contribution in [0.5, 0.6) is 11.5 Å². The molecule has 6 nitrogen and oxygen atoms in total. The maximum absolute atomic E-state index is 12.3. The van der Waals surface area contributed by atoms with Gasteiger partial charge in [-0.3, -0.25) is 4.79 Å². The number of hydrogen-bond acceptors (Lipinski definition) is 7. The van der Waals surface area contributed by atoms with Gasteiger partial charge in [0.2, 0.25) is 0 Å². The molecule has 0 aliphatic heterocycles. The van der Waals surface area contributed by atoms with Crippen LogP contribution in [-0.2, 0) is 11.4 Å². The molecule has 0 spiro atoms. The monoisotopic (exact) mass is 653 g/mol. The van der Waals surface area contributed by atoms with Crippen molar-refractivity contribution in [3.63, 3.8) is 0 Å². The summed E-state index contributed by atoms with van der Waals surface area (Å²) >= 11 is 5.22. The zero-order valence-electron chi connectivity index (χ0n) is 20.5. The number of para-hydroxylation sites is 1. The lowest BCUT2D eigenvalue weighted by Crippen LogP contribution is -2.19. The largest absolute Gasteiger partial charge is 0.490 e. The van der Waals surface area contributed by atoms with E-state index >= 15 is 0 Å². The van der Waals surface area contributed by atoms with Crippen LogP contribution in [0.1, 0.15) is 18.1 Å². The molecule has 0 fully saturated rings. The van der Waals surface area contributed by atoms with Crippen molar-refractivity contribution < 1.29 is 14.3 Å². The summed E-state index contributed by atoms with van der Waals surface area (Å²) in [7, 11) is 0. The molecule has 0 aliphatic carbocycles. The molecule has 1 aromatic heterocycles. The van der Waals surface area contributed by atoms with Crippen molar-refractivity contribution in [2.75, 3.05) is 12.4 Å². The summed E-state index contributed by atoms with van der Waals surface area (Å²) in [4.78, 5) is 16.9. The lowest BCUT2D eigenvalue weighted by Gasteiger charge is -2.15. The summed E-state index contributed by atoms with van der Waals surface area (Å²) in [5.74, 6) is 1.37. The predicted molar refractivity (Wildman–Crippen MR) is 165 cm³/mol. The fourth-order valence-corrected chi connectivity index (χ4v) is 6.53. The molecule has 192 valence electrons. The summed E-state index contributed by atoms with van der Waals surface area (Å²) in [6, 6.07) is 26.3. The van der Waals surface area contributed by atoms with Gasteiger partial charge in [0.05, 0.1) is 32.4 Å². The zero-order chi connectivity index (χ0) is 26.3. The molecule has 0 unspecified atom stereocenters. The molecule has 0 radical (unpaired) electrons. The van der Waals surface area contributed by atoms with E-state index in [1.54, 1.807) is 17.6 Å². The number of thiazole rings is 1. The number of hydrogen-bond donors (Lipinski definition) is 1. The lowest BCUT2D eigenvalue weighted by molar-refractivity contribution is -0.118. The Morgan fingerprint density at radius 1 is 1.08 bits per heavy atom. The molecule has 4 aromatic carbocycles. The van der Waals surface area contributed by atoms with E-state index in [4.69, 9.17) is 9.47 Å². The van der Waals surface area contributed by atoms with Crippen molar-refractivity contribution in [2.24, 2.45) is 5.10 Å². The molecule has 0 atom stereocenters. The second-order valence-electron chi connectivity index (χ2n) is 8.22. The van der Waals surface area contributed by atoms with Gasteiger partial charge in [-0.15, -0.1) is 11.3 Å². The Balaban J connectivity index is 1.22. The molecule has 1 N–H and O–H groups in total. The third-order valence-corrected chi connectivity index (χ3v) is 8.57. The third kappa shape index (κ3) is 6.46. The molecule has 0 saturated carbocycles. The van der Waals surface area contributed by atoms with Gasteiger partial charge >= 0.3 is 0 Å². The fraction of sp³-hybridized carbons (Fsp3) is 0.138. The number of benzene rings is 4. The summed E-state index contributed by atoms with van der Waals surface area (Å²) in [5, 5.41) is 6.49. The quantitative estimate of drug-likeness (QED) is 0.0743. The predicted octanol–water partition coefficient (Wildman–Crippen LogP) is 7.27. The summed E-state index contributed by atoms with van der Waals surface area (Å²) in [6.45, 7) is 2.86. The minimum atomic E-state index is -0.194. The number of carbonyl (C=O) groups is 1. The van der Waals surface area contributed by atoms with Gasteiger partial charge in [-0.2, -0.15) is 5.10 Å². The third-order valence-electron chi connectivity index (χ3n) is 5.59. The fourth-order valence-electron chi connectivity index (χ4n) is 3.88. The van der Waals surface area contributed by atoms with E-state index in [2.05, 4.69) is 62.4 Å². The first-order valence-corrected chi connectivity index (χ1v) is 14.8. The highest BCUT2D eigenvalue weighted by atomic mass is 127. The number of halogens is 1. The summed E-state index contributed by atoms with van der Waals surface area (Å²) in [5.41, 5.74) is 5.45. The second kappa shape index (κ2) is 12.6. The molecule has 0 bridgehead atoms. The Hall–Kier alpha value is -3.15. The van der Waals surface area contributed by atoms with Gasteiger partial charge in [-0.25, -0.2) is 10.4 Å².